The molecule has 0 aliphatic carbocycles. The highest BCUT2D eigenvalue weighted by Crippen LogP contribution is 2.07. The van der Waals surface area contributed by atoms with Crippen LogP contribution in [0.3, 0.4) is 0 Å². The predicted octanol–water partition coefficient (Wildman–Crippen LogP) is 2.23. The fraction of sp³-hybridized carbons (Fsp3) is 0.417. The summed E-state index contributed by atoms with van der Waals surface area (Å²) >= 11 is 0. The summed E-state index contributed by atoms with van der Waals surface area (Å²) in [6.07, 6.45) is 3.22. The Bertz CT molecular complexity index is 306. The second kappa shape index (κ2) is 5.41. The van der Waals surface area contributed by atoms with Crippen molar-refractivity contribution >= 4 is 0 Å². The molecule has 0 aromatic heterocycles. The lowest BCUT2D eigenvalue weighted by molar-refractivity contribution is 0.624. The van der Waals surface area contributed by atoms with Crippen molar-refractivity contribution in [3.05, 3.63) is 35.4 Å². The first-order chi connectivity index (χ1) is 6.72. The molecular weight excluding hydrogens is 172 g/mol. The van der Waals surface area contributed by atoms with Crippen LogP contribution in [0, 0.1) is 11.3 Å². The second-order valence-corrected chi connectivity index (χ2v) is 3.68. The number of nitriles is 1. The van der Waals surface area contributed by atoms with E-state index in [1.54, 1.807) is 0 Å². The normalized spacial score (nSPS) is 12.1. The van der Waals surface area contributed by atoms with Crippen LogP contribution in [-0.2, 0) is 6.42 Å². The van der Waals surface area contributed by atoms with Crippen LogP contribution in [0.1, 0.15) is 30.9 Å². The average Bonchev–Trinajstić information content (AvgIpc) is 2.18. The van der Waals surface area contributed by atoms with Crippen LogP contribution in [0.15, 0.2) is 24.3 Å². The summed E-state index contributed by atoms with van der Waals surface area (Å²) in [7, 11) is 0. The number of hydrogen-bond donors (Lipinski definition) is 1. The first-order valence-corrected chi connectivity index (χ1v) is 4.97. The maximum Gasteiger partial charge on any atom is 0.0991 e. The SMILES string of the molecule is CC(N)CCCc1ccc(C#N)cc1. The number of hydrogen-bond acceptors (Lipinski definition) is 2. The van der Waals surface area contributed by atoms with E-state index in [4.69, 9.17) is 11.0 Å². The molecule has 0 saturated heterocycles. The van der Waals surface area contributed by atoms with Crippen LogP contribution in [0.25, 0.3) is 0 Å². The van der Waals surface area contributed by atoms with Gasteiger partial charge in [-0.05, 0) is 43.9 Å². The van der Waals surface area contributed by atoms with Crippen LogP contribution < -0.4 is 5.73 Å². The van der Waals surface area contributed by atoms with Gasteiger partial charge in [-0.2, -0.15) is 5.26 Å². The molecule has 0 aliphatic heterocycles. The molecule has 74 valence electrons. The second-order valence-electron chi connectivity index (χ2n) is 3.68. The monoisotopic (exact) mass is 188 g/mol. The molecule has 0 bridgehead atoms. The summed E-state index contributed by atoms with van der Waals surface area (Å²) in [4.78, 5) is 0. The number of rotatable bonds is 4. The summed E-state index contributed by atoms with van der Waals surface area (Å²) in [6, 6.07) is 10.1. The quantitative estimate of drug-likeness (QED) is 0.787. The van der Waals surface area contributed by atoms with E-state index in [2.05, 4.69) is 6.07 Å². The average molecular weight is 188 g/mol. The van der Waals surface area contributed by atoms with Gasteiger partial charge in [0, 0.05) is 6.04 Å². The third-order valence-electron chi connectivity index (χ3n) is 2.21. The first kappa shape index (κ1) is 10.7. The molecule has 1 unspecified atom stereocenters. The number of nitrogens with zero attached hydrogens (tertiary/aromatic N) is 1. The fourth-order valence-electron chi connectivity index (χ4n) is 1.37. The van der Waals surface area contributed by atoms with Crippen molar-refractivity contribution < 1.29 is 0 Å². The molecule has 1 aromatic rings. The van der Waals surface area contributed by atoms with E-state index in [9.17, 15) is 0 Å². The van der Waals surface area contributed by atoms with Crippen LogP contribution in [0.5, 0.6) is 0 Å². The summed E-state index contributed by atoms with van der Waals surface area (Å²) in [5, 5.41) is 8.61. The molecule has 2 nitrogen and oxygen atoms in total. The molecule has 2 heteroatoms. The third kappa shape index (κ3) is 3.59. The van der Waals surface area contributed by atoms with Gasteiger partial charge in [-0.3, -0.25) is 0 Å². The Kier molecular flexibility index (Phi) is 4.15. The molecule has 0 fully saturated rings. The van der Waals surface area contributed by atoms with Crippen molar-refractivity contribution in [2.24, 2.45) is 5.73 Å². The molecule has 0 heterocycles. The van der Waals surface area contributed by atoms with E-state index in [-0.39, 0.29) is 6.04 Å². The zero-order chi connectivity index (χ0) is 10.4. The molecule has 14 heavy (non-hydrogen) atoms. The lowest BCUT2D eigenvalue weighted by Gasteiger charge is -2.04. The fourth-order valence-corrected chi connectivity index (χ4v) is 1.37. The smallest absolute Gasteiger partial charge is 0.0991 e. The van der Waals surface area contributed by atoms with Gasteiger partial charge in [-0.15, -0.1) is 0 Å². The molecular formula is C12H16N2. The standard InChI is InChI=1S/C12H16N2/c1-10(14)3-2-4-11-5-7-12(9-13)8-6-11/h5-8,10H,2-4,14H2,1H3. The maximum absolute atomic E-state index is 8.61. The molecule has 1 atom stereocenters. The highest BCUT2D eigenvalue weighted by Gasteiger charge is 1.96. The van der Waals surface area contributed by atoms with Gasteiger partial charge >= 0.3 is 0 Å². The van der Waals surface area contributed by atoms with Crippen LogP contribution in [0.2, 0.25) is 0 Å². The molecule has 0 saturated carbocycles. The molecule has 2 N–H and O–H groups in total. The molecule has 1 aromatic carbocycles. The summed E-state index contributed by atoms with van der Waals surface area (Å²) in [5.41, 5.74) is 7.66. The van der Waals surface area contributed by atoms with Gasteiger partial charge in [-0.25, -0.2) is 0 Å². The number of benzene rings is 1. The van der Waals surface area contributed by atoms with Gasteiger partial charge in [0.15, 0.2) is 0 Å². The Balaban J connectivity index is 2.41. The van der Waals surface area contributed by atoms with Gasteiger partial charge in [0.2, 0.25) is 0 Å². The number of nitrogens with two attached hydrogens (primary N) is 1. The van der Waals surface area contributed by atoms with Crippen molar-refractivity contribution in [3.63, 3.8) is 0 Å². The maximum atomic E-state index is 8.61. The largest absolute Gasteiger partial charge is 0.328 e. The zero-order valence-corrected chi connectivity index (χ0v) is 8.53. The zero-order valence-electron chi connectivity index (χ0n) is 8.53. The van der Waals surface area contributed by atoms with E-state index in [0.29, 0.717) is 0 Å². The minimum absolute atomic E-state index is 0.286. The number of aryl methyl sites for hydroxylation is 1. The van der Waals surface area contributed by atoms with E-state index in [1.165, 1.54) is 5.56 Å². The van der Waals surface area contributed by atoms with Gasteiger partial charge in [0.1, 0.15) is 0 Å². The van der Waals surface area contributed by atoms with E-state index >= 15 is 0 Å². The highest BCUT2D eigenvalue weighted by molar-refractivity contribution is 5.31. The highest BCUT2D eigenvalue weighted by atomic mass is 14.6. The van der Waals surface area contributed by atoms with E-state index in [0.717, 1.165) is 24.8 Å². The third-order valence-corrected chi connectivity index (χ3v) is 2.21. The molecule has 0 amide bonds. The van der Waals surface area contributed by atoms with Crippen molar-refractivity contribution in [3.8, 4) is 6.07 Å². The molecule has 0 radical (unpaired) electrons. The first-order valence-electron chi connectivity index (χ1n) is 4.97. The Labute approximate surface area is 85.4 Å². The van der Waals surface area contributed by atoms with Crippen molar-refractivity contribution in [1.29, 1.82) is 5.26 Å². The minimum Gasteiger partial charge on any atom is -0.328 e. The Morgan fingerprint density at radius 3 is 2.50 bits per heavy atom. The van der Waals surface area contributed by atoms with Crippen molar-refractivity contribution in [2.45, 2.75) is 32.2 Å². The Morgan fingerprint density at radius 2 is 2.00 bits per heavy atom. The summed E-state index contributed by atoms with van der Waals surface area (Å²) in [5.74, 6) is 0. The molecule has 1 rings (SSSR count). The lowest BCUT2D eigenvalue weighted by atomic mass is 10.0. The van der Waals surface area contributed by atoms with E-state index < -0.39 is 0 Å². The lowest BCUT2D eigenvalue weighted by Crippen LogP contribution is -2.14. The molecule has 0 spiro atoms. The van der Waals surface area contributed by atoms with Crippen LogP contribution >= 0.6 is 0 Å². The van der Waals surface area contributed by atoms with Crippen molar-refractivity contribution in [2.75, 3.05) is 0 Å². The summed E-state index contributed by atoms with van der Waals surface area (Å²) in [6.45, 7) is 2.03. The van der Waals surface area contributed by atoms with Crippen molar-refractivity contribution in [1.82, 2.24) is 0 Å². The van der Waals surface area contributed by atoms with Crippen LogP contribution in [-0.4, -0.2) is 6.04 Å². The van der Waals surface area contributed by atoms with Gasteiger partial charge in [-0.1, -0.05) is 12.1 Å². The topological polar surface area (TPSA) is 49.8 Å². The van der Waals surface area contributed by atoms with Gasteiger partial charge < -0.3 is 5.73 Å². The van der Waals surface area contributed by atoms with E-state index in [1.807, 2.05) is 31.2 Å². The predicted molar refractivity (Wildman–Crippen MR) is 57.7 cm³/mol. The van der Waals surface area contributed by atoms with Gasteiger partial charge in [0.25, 0.3) is 0 Å². The van der Waals surface area contributed by atoms with Gasteiger partial charge in [0.05, 0.1) is 11.6 Å². The molecule has 0 aliphatic rings. The Hall–Kier alpha value is -1.33. The summed E-state index contributed by atoms with van der Waals surface area (Å²) < 4.78 is 0. The minimum atomic E-state index is 0.286. The Morgan fingerprint density at radius 1 is 1.36 bits per heavy atom. The van der Waals surface area contributed by atoms with Crippen LogP contribution in [0.4, 0.5) is 0 Å².